The molecule has 1 atom stereocenters. The van der Waals surface area contributed by atoms with Crippen molar-refractivity contribution in [1.29, 1.82) is 0 Å². The van der Waals surface area contributed by atoms with Crippen LogP contribution in [0.3, 0.4) is 0 Å². The van der Waals surface area contributed by atoms with E-state index in [0.29, 0.717) is 16.7 Å². The number of nitrogens with zero attached hydrogens (tertiary/aromatic N) is 4. The van der Waals surface area contributed by atoms with Gasteiger partial charge in [-0.2, -0.15) is 9.78 Å². The third-order valence-electron chi connectivity index (χ3n) is 4.25. The predicted molar refractivity (Wildman–Crippen MR) is 89.5 cm³/mol. The number of methoxy groups -OCH3 is 2. The predicted octanol–water partition coefficient (Wildman–Crippen LogP) is 3.21. The van der Waals surface area contributed by atoms with E-state index in [9.17, 15) is 0 Å². The molecule has 1 aliphatic carbocycles. The summed E-state index contributed by atoms with van der Waals surface area (Å²) in [5, 5.41) is 14.8. The quantitative estimate of drug-likeness (QED) is 0.865. The maximum absolute atomic E-state index is 5.38. The topological polar surface area (TPSA) is 61.5 Å². The van der Waals surface area contributed by atoms with Gasteiger partial charge < -0.3 is 9.47 Å². The van der Waals surface area contributed by atoms with E-state index in [1.807, 2.05) is 22.9 Å². The molecule has 1 saturated carbocycles. The van der Waals surface area contributed by atoms with Crippen molar-refractivity contribution in [3.05, 3.63) is 18.2 Å². The Labute approximate surface area is 138 Å². The van der Waals surface area contributed by atoms with Crippen molar-refractivity contribution in [2.45, 2.75) is 36.1 Å². The highest BCUT2D eigenvalue weighted by molar-refractivity contribution is 8.00. The molecule has 6 nitrogen and oxygen atoms in total. The molecule has 0 saturated heterocycles. The van der Waals surface area contributed by atoms with Crippen LogP contribution in [0.5, 0.6) is 11.5 Å². The second-order valence-electron chi connectivity index (χ2n) is 5.63. The van der Waals surface area contributed by atoms with Crippen LogP contribution in [0.15, 0.2) is 28.5 Å². The molecule has 1 fully saturated rings. The molecular weight excluding hydrogens is 312 g/mol. The van der Waals surface area contributed by atoms with E-state index >= 15 is 0 Å². The fraction of sp³-hybridized carbons (Fsp3) is 0.438. The summed E-state index contributed by atoms with van der Waals surface area (Å²) in [5.74, 6) is 2.11. The van der Waals surface area contributed by atoms with Gasteiger partial charge in [0.15, 0.2) is 17.3 Å². The minimum atomic E-state index is 0.471. The number of thioether (sulfide) groups is 1. The molecule has 7 heteroatoms. The zero-order valence-corrected chi connectivity index (χ0v) is 14.0. The van der Waals surface area contributed by atoms with Crippen molar-refractivity contribution < 1.29 is 9.47 Å². The van der Waals surface area contributed by atoms with Gasteiger partial charge in [0.2, 0.25) is 5.16 Å². The van der Waals surface area contributed by atoms with E-state index in [1.54, 1.807) is 26.0 Å². The first kappa shape index (κ1) is 14.6. The van der Waals surface area contributed by atoms with Crippen molar-refractivity contribution in [1.82, 2.24) is 14.9 Å². The van der Waals surface area contributed by atoms with Gasteiger partial charge in [0.25, 0.3) is 0 Å². The molecular formula is C16H18N4O2S. The van der Waals surface area contributed by atoms with E-state index < -0.39 is 0 Å². The average molecular weight is 330 g/mol. The Hall–Kier alpha value is -2.02. The molecule has 0 bridgehead atoms. The molecule has 23 heavy (non-hydrogen) atoms. The first-order valence-electron chi connectivity index (χ1n) is 7.72. The molecule has 1 unspecified atom stereocenters. The molecule has 1 aromatic carbocycles. The first-order valence-corrected chi connectivity index (χ1v) is 8.60. The molecule has 0 amide bonds. The van der Waals surface area contributed by atoms with Gasteiger partial charge in [-0.1, -0.05) is 18.2 Å². The minimum Gasteiger partial charge on any atom is -0.493 e. The van der Waals surface area contributed by atoms with Crippen LogP contribution in [0.1, 0.15) is 25.7 Å². The Bertz CT molecular complexity index is 771. The lowest BCUT2D eigenvalue weighted by molar-refractivity contribution is 0.355. The molecule has 2 heterocycles. The number of rotatable bonds is 3. The molecule has 1 aliphatic heterocycles. The van der Waals surface area contributed by atoms with E-state index in [4.69, 9.17) is 14.6 Å². The Kier molecular flexibility index (Phi) is 3.72. The third-order valence-corrected chi connectivity index (χ3v) is 5.51. The van der Waals surface area contributed by atoms with Crippen LogP contribution in [-0.4, -0.2) is 40.1 Å². The van der Waals surface area contributed by atoms with Crippen LogP contribution in [0.4, 0.5) is 0 Å². The molecule has 0 radical (unpaired) electrons. The first-order chi connectivity index (χ1) is 11.3. The van der Waals surface area contributed by atoms with Crippen molar-refractivity contribution >= 4 is 17.5 Å². The standard InChI is InChI=1S/C16H18N4O2S/c1-21-12-8-7-10(9-13(12)22-2)15-17-18-16-20(15)19-11-5-3-4-6-14(11)23-16/h7-9,14H,3-6H2,1-2H3. The zero-order valence-electron chi connectivity index (χ0n) is 13.2. The summed E-state index contributed by atoms with van der Waals surface area (Å²) in [6, 6.07) is 5.74. The average Bonchev–Trinajstić information content (AvgIpc) is 3.01. The Balaban J connectivity index is 1.76. The summed E-state index contributed by atoms with van der Waals surface area (Å²) in [4.78, 5) is 0. The lowest BCUT2D eigenvalue weighted by Crippen LogP contribution is -2.26. The smallest absolute Gasteiger partial charge is 0.213 e. The number of fused-ring (bicyclic) bond motifs is 2. The summed E-state index contributed by atoms with van der Waals surface area (Å²) >= 11 is 1.78. The zero-order chi connectivity index (χ0) is 15.8. The lowest BCUT2D eigenvalue weighted by atomic mass is 9.98. The Morgan fingerprint density at radius 2 is 2.00 bits per heavy atom. The molecule has 0 spiro atoms. The monoisotopic (exact) mass is 330 g/mol. The van der Waals surface area contributed by atoms with Crippen LogP contribution < -0.4 is 9.47 Å². The van der Waals surface area contributed by atoms with Crippen molar-refractivity contribution in [3.63, 3.8) is 0 Å². The van der Waals surface area contributed by atoms with Crippen molar-refractivity contribution in [2.24, 2.45) is 5.10 Å². The summed E-state index contributed by atoms with van der Waals surface area (Å²) in [7, 11) is 3.26. The van der Waals surface area contributed by atoms with Crippen LogP contribution in [0.2, 0.25) is 0 Å². The van der Waals surface area contributed by atoms with Gasteiger partial charge in [-0.15, -0.1) is 10.2 Å². The second-order valence-corrected chi connectivity index (χ2v) is 6.80. The summed E-state index contributed by atoms with van der Waals surface area (Å²) in [5.41, 5.74) is 2.18. The van der Waals surface area contributed by atoms with Gasteiger partial charge >= 0.3 is 0 Å². The van der Waals surface area contributed by atoms with E-state index in [0.717, 1.165) is 23.0 Å². The molecule has 1 aromatic heterocycles. The van der Waals surface area contributed by atoms with Crippen LogP contribution in [-0.2, 0) is 0 Å². The normalized spacial score (nSPS) is 19.6. The van der Waals surface area contributed by atoms with Gasteiger partial charge in [0.1, 0.15) is 0 Å². The molecule has 4 rings (SSSR count). The third kappa shape index (κ3) is 2.49. The summed E-state index contributed by atoms with van der Waals surface area (Å²) in [6.07, 6.45) is 4.75. The van der Waals surface area contributed by atoms with Gasteiger partial charge in [-0.05, 0) is 37.5 Å². The highest BCUT2D eigenvalue weighted by atomic mass is 32.2. The number of aromatic nitrogens is 3. The Morgan fingerprint density at radius 1 is 1.13 bits per heavy atom. The number of benzene rings is 1. The summed E-state index contributed by atoms with van der Waals surface area (Å²) in [6.45, 7) is 0. The lowest BCUT2D eigenvalue weighted by Gasteiger charge is -2.26. The highest BCUT2D eigenvalue weighted by Crippen LogP contribution is 2.38. The van der Waals surface area contributed by atoms with Gasteiger partial charge in [-0.3, -0.25) is 0 Å². The SMILES string of the molecule is COc1ccc(-c2nnc3n2N=C2CCCCC2S3)cc1OC. The number of hydrogen-bond acceptors (Lipinski definition) is 6. The van der Waals surface area contributed by atoms with E-state index in [1.165, 1.54) is 25.0 Å². The van der Waals surface area contributed by atoms with E-state index in [-0.39, 0.29) is 0 Å². The second kappa shape index (κ2) is 5.88. The van der Waals surface area contributed by atoms with Gasteiger partial charge in [0.05, 0.1) is 25.2 Å². The summed E-state index contributed by atoms with van der Waals surface area (Å²) < 4.78 is 12.5. The van der Waals surface area contributed by atoms with Crippen LogP contribution in [0, 0.1) is 0 Å². The van der Waals surface area contributed by atoms with Crippen LogP contribution >= 0.6 is 11.8 Å². The number of hydrogen-bond donors (Lipinski definition) is 0. The fourth-order valence-corrected chi connectivity index (χ4v) is 4.20. The highest BCUT2D eigenvalue weighted by Gasteiger charge is 2.29. The minimum absolute atomic E-state index is 0.471. The maximum Gasteiger partial charge on any atom is 0.213 e. The van der Waals surface area contributed by atoms with Gasteiger partial charge in [0, 0.05) is 5.56 Å². The molecule has 2 aromatic rings. The molecule has 120 valence electrons. The largest absolute Gasteiger partial charge is 0.493 e. The molecule has 2 aliphatic rings. The van der Waals surface area contributed by atoms with Gasteiger partial charge in [-0.25, -0.2) is 0 Å². The maximum atomic E-state index is 5.38. The Morgan fingerprint density at radius 3 is 2.83 bits per heavy atom. The number of ether oxygens (including phenoxy) is 2. The van der Waals surface area contributed by atoms with E-state index in [2.05, 4.69) is 10.2 Å². The van der Waals surface area contributed by atoms with Crippen molar-refractivity contribution in [2.75, 3.05) is 14.2 Å². The van der Waals surface area contributed by atoms with Crippen molar-refractivity contribution in [3.8, 4) is 22.9 Å². The van der Waals surface area contributed by atoms with Crippen LogP contribution in [0.25, 0.3) is 11.4 Å². The molecule has 0 N–H and O–H groups in total. The fourth-order valence-electron chi connectivity index (χ4n) is 3.04.